The summed E-state index contributed by atoms with van der Waals surface area (Å²) in [7, 11) is 0. The molecule has 2 aromatic rings. The van der Waals surface area contributed by atoms with Crippen molar-refractivity contribution < 1.29 is 8.78 Å². The molecule has 0 aliphatic heterocycles. The molecule has 1 nitrogen and oxygen atoms in total. The monoisotopic (exact) mass is 359 g/mol. The van der Waals surface area contributed by atoms with Crippen LogP contribution in [-0.2, 0) is 6.54 Å². The van der Waals surface area contributed by atoms with E-state index >= 15 is 0 Å². The minimum atomic E-state index is -0.647. The maximum Gasteiger partial charge on any atom is 0.148 e. The van der Waals surface area contributed by atoms with Gasteiger partial charge in [0, 0.05) is 17.1 Å². The van der Waals surface area contributed by atoms with Crippen LogP contribution in [0.25, 0.3) is 11.1 Å². The van der Waals surface area contributed by atoms with E-state index in [-0.39, 0.29) is 10.0 Å². The Kier molecular flexibility index (Phi) is 5.13. The van der Waals surface area contributed by atoms with E-state index in [1.54, 1.807) is 12.1 Å². The topological polar surface area (TPSA) is 12.0 Å². The number of nitrogens with one attached hydrogen (secondary N) is 1. The van der Waals surface area contributed by atoms with Crippen LogP contribution >= 0.6 is 27.5 Å². The van der Waals surface area contributed by atoms with Crippen molar-refractivity contribution in [3.63, 3.8) is 0 Å². The molecule has 2 rings (SSSR count). The summed E-state index contributed by atoms with van der Waals surface area (Å²) in [6.07, 6.45) is 0. The van der Waals surface area contributed by atoms with Crippen LogP contribution in [0.3, 0.4) is 0 Å². The number of hydrogen-bond acceptors (Lipinski definition) is 1. The molecular weight excluding hydrogens is 348 g/mol. The molecule has 0 unspecified atom stereocenters. The number of halogens is 4. The molecule has 106 valence electrons. The Morgan fingerprint density at radius 2 is 1.95 bits per heavy atom. The fourth-order valence-electron chi connectivity index (χ4n) is 1.91. The zero-order valence-electron chi connectivity index (χ0n) is 10.8. The van der Waals surface area contributed by atoms with Gasteiger partial charge in [0.05, 0.1) is 10.0 Å². The van der Waals surface area contributed by atoms with Crippen molar-refractivity contribution in [3.8, 4) is 11.1 Å². The molecule has 0 atom stereocenters. The van der Waals surface area contributed by atoms with E-state index in [4.69, 9.17) is 11.6 Å². The molecule has 0 bridgehead atoms. The van der Waals surface area contributed by atoms with Crippen molar-refractivity contribution in [2.45, 2.75) is 13.5 Å². The Morgan fingerprint density at radius 3 is 2.60 bits per heavy atom. The predicted molar refractivity (Wildman–Crippen MR) is 81.9 cm³/mol. The summed E-state index contributed by atoms with van der Waals surface area (Å²) in [5.41, 5.74) is 1.21. The molecule has 0 heterocycles. The molecule has 5 heteroatoms. The number of rotatable bonds is 4. The van der Waals surface area contributed by atoms with E-state index in [0.717, 1.165) is 12.1 Å². The van der Waals surface area contributed by atoms with Crippen molar-refractivity contribution in [1.29, 1.82) is 0 Å². The lowest BCUT2D eigenvalue weighted by atomic mass is 10.0. The smallest absolute Gasteiger partial charge is 0.148 e. The van der Waals surface area contributed by atoms with Crippen LogP contribution in [0.2, 0.25) is 5.02 Å². The molecule has 0 aromatic heterocycles. The molecule has 0 amide bonds. The van der Waals surface area contributed by atoms with Gasteiger partial charge in [-0.3, -0.25) is 0 Å². The molecule has 0 saturated heterocycles. The average Bonchev–Trinajstić information content (AvgIpc) is 2.43. The lowest BCUT2D eigenvalue weighted by molar-refractivity contribution is 0.585. The number of benzene rings is 2. The van der Waals surface area contributed by atoms with Gasteiger partial charge in [0.2, 0.25) is 0 Å². The number of hydrogen-bond donors (Lipinski definition) is 1. The van der Waals surface area contributed by atoms with Crippen LogP contribution in [0.1, 0.15) is 12.5 Å². The first-order chi connectivity index (χ1) is 9.54. The molecule has 1 N–H and O–H groups in total. The summed E-state index contributed by atoms with van der Waals surface area (Å²) in [6.45, 7) is 3.51. The Hall–Kier alpha value is -0.970. The van der Waals surface area contributed by atoms with Crippen molar-refractivity contribution >= 4 is 27.5 Å². The third-order valence-electron chi connectivity index (χ3n) is 2.93. The van der Waals surface area contributed by atoms with E-state index in [1.165, 1.54) is 12.1 Å². The SMILES string of the molecule is CCNCc1ccc(-c2c(F)ccc(Br)c2F)c(Cl)c1. The highest BCUT2D eigenvalue weighted by Crippen LogP contribution is 2.35. The molecular formula is C15H13BrClF2N. The fraction of sp³-hybridized carbons (Fsp3) is 0.200. The van der Waals surface area contributed by atoms with Crippen molar-refractivity contribution in [2.75, 3.05) is 6.54 Å². The summed E-state index contributed by atoms with van der Waals surface area (Å²) >= 11 is 9.22. The highest BCUT2D eigenvalue weighted by molar-refractivity contribution is 9.10. The Balaban J connectivity index is 2.46. The molecule has 0 spiro atoms. The lowest BCUT2D eigenvalue weighted by Gasteiger charge is -2.10. The van der Waals surface area contributed by atoms with Gasteiger partial charge in [-0.05, 0) is 46.2 Å². The van der Waals surface area contributed by atoms with Gasteiger partial charge in [0.1, 0.15) is 11.6 Å². The highest BCUT2D eigenvalue weighted by Gasteiger charge is 2.17. The zero-order chi connectivity index (χ0) is 14.7. The second-order valence-corrected chi connectivity index (χ2v) is 5.57. The van der Waals surface area contributed by atoms with Crippen molar-refractivity contribution in [1.82, 2.24) is 5.32 Å². The summed E-state index contributed by atoms with van der Waals surface area (Å²) in [6, 6.07) is 7.72. The summed E-state index contributed by atoms with van der Waals surface area (Å²) in [5.74, 6) is -1.28. The van der Waals surface area contributed by atoms with E-state index in [9.17, 15) is 8.78 Å². The third kappa shape index (κ3) is 3.19. The van der Waals surface area contributed by atoms with Crippen LogP contribution < -0.4 is 5.32 Å². The second kappa shape index (κ2) is 6.66. The van der Waals surface area contributed by atoms with E-state index in [2.05, 4.69) is 21.2 Å². The third-order valence-corrected chi connectivity index (χ3v) is 3.85. The molecule has 0 saturated carbocycles. The van der Waals surface area contributed by atoms with Gasteiger partial charge in [-0.2, -0.15) is 0 Å². The maximum absolute atomic E-state index is 14.1. The summed E-state index contributed by atoms with van der Waals surface area (Å²) in [4.78, 5) is 0. The quantitative estimate of drug-likeness (QED) is 0.743. The molecule has 0 aliphatic rings. The normalized spacial score (nSPS) is 10.8. The van der Waals surface area contributed by atoms with Crippen LogP contribution in [0, 0.1) is 11.6 Å². The first-order valence-corrected chi connectivity index (χ1v) is 7.34. The summed E-state index contributed by atoms with van der Waals surface area (Å²) in [5, 5.41) is 3.50. The first-order valence-electron chi connectivity index (χ1n) is 6.17. The molecule has 2 aromatic carbocycles. The van der Waals surface area contributed by atoms with Crippen LogP contribution in [0.5, 0.6) is 0 Å². The highest BCUT2D eigenvalue weighted by atomic mass is 79.9. The minimum absolute atomic E-state index is 0.112. The fourth-order valence-corrected chi connectivity index (χ4v) is 2.54. The van der Waals surface area contributed by atoms with Gasteiger partial charge in [0.25, 0.3) is 0 Å². The minimum Gasteiger partial charge on any atom is -0.313 e. The van der Waals surface area contributed by atoms with Gasteiger partial charge in [-0.15, -0.1) is 0 Å². The summed E-state index contributed by atoms with van der Waals surface area (Å²) < 4.78 is 28.2. The molecule has 0 radical (unpaired) electrons. The maximum atomic E-state index is 14.1. The van der Waals surface area contributed by atoms with Crippen LogP contribution in [0.4, 0.5) is 8.78 Å². The second-order valence-electron chi connectivity index (χ2n) is 4.31. The largest absolute Gasteiger partial charge is 0.313 e. The molecule has 0 fully saturated rings. The Labute approximate surface area is 130 Å². The molecule has 20 heavy (non-hydrogen) atoms. The van der Waals surface area contributed by atoms with Crippen LogP contribution in [-0.4, -0.2) is 6.54 Å². The Morgan fingerprint density at radius 1 is 1.20 bits per heavy atom. The lowest BCUT2D eigenvalue weighted by Crippen LogP contribution is -2.11. The van der Waals surface area contributed by atoms with E-state index < -0.39 is 11.6 Å². The van der Waals surface area contributed by atoms with Gasteiger partial charge in [0.15, 0.2) is 0 Å². The van der Waals surface area contributed by atoms with E-state index in [1.807, 2.05) is 13.0 Å². The Bertz CT molecular complexity index is 632. The zero-order valence-corrected chi connectivity index (χ0v) is 13.2. The van der Waals surface area contributed by atoms with Gasteiger partial charge in [-0.1, -0.05) is 30.7 Å². The molecule has 0 aliphatic carbocycles. The van der Waals surface area contributed by atoms with Crippen molar-refractivity contribution in [2.24, 2.45) is 0 Å². The van der Waals surface area contributed by atoms with Gasteiger partial charge in [-0.25, -0.2) is 8.78 Å². The van der Waals surface area contributed by atoms with Crippen molar-refractivity contribution in [3.05, 3.63) is 57.0 Å². The van der Waals surface area contributed by atoms with Gasteiger partial charge < -0.3 is 5.32 Å². The standard InChI is InChI=1S/C15H13BrClF2N/c1-2-20-8-9-3-4-10(12(17)7-9)14-13(18)6-5-11(16)15(14)19/h3-7,20H,2,8H2,1H3. The van der Waals surface area contributed by atoms with Gasteiger partial charge >= 0.3 is 0 Å². The van der Waals surface area contributed by atoms with E-state index in [0.29, 0.717) is 17.1 Å². The van der Waals surface area contributed by atoms with Crippen LogP contribution in [0.15, 0.2) is 34.8 Å². The first kappa shape index (κ1) is 15.4. The average molecular weight is 361 g/mol. The predicted octanol–water partition coefficient (Wildman–Crippen LogP) is 5.16.